The molecule has 0 unspecified atom stereocenters. The minimum absolute atomic E-state index is 0.0321. The molecular formula is C21H24N2O5S. The standard InChI is InChI=1S/C21H24N2O5S/c1-4-12-23-29(26,27)19-7-5-6-18(13-19)21(25)28-16(3)20(24)22-14-17-10-8-15(2)9-11-17/h4-11,13,16,23H,1,12,14H2,2-3H3,(H,22,24)/t16-/m1/s1. The van der Waals surface area contributed by atoms with E-state index < -0.39 is 28.0 Å². The second-order valence-electron chi connectivity index (χ2n) is 6.42. The Labute approximate surface area is 170 Å². The van der Waals surface area contributed by atoms with Gasteiger partial charge in [-0.3, -0.25) is 4.79 Å². The monoisotopic (exact) mass is 416 g/mol. The minimum Gasteiger partial charge on any atom is -0.449 e. The molecule has 154 valence electrons. The third-order valence-corrected chi connectivity index (χ3v) is 5.46. The van der Waals surface area contributed by atoms with Crippen LogP contribution in [0.1, 0.15) is 28.4 Å². The zero-order valence-corrected chi connectivity index (χ0v) is 17.2. The topological polar surface area (TPSA) is 102 Å². The van der Waals surface area contributed by atoms with Gasteiger partial charge < -0.3 is 10.1 Å². The van der Waals surface area contributed by atoms with Crippen LogP contribution in [0.2, 0.25) is 0 Å². The first-order chi connectivity index (χ1) is 13.7. The molecule has 0 spiro atoms. The van der Waals surface area contributed by atoms with Crippen LogP contribution in [0.15, 0.2) is 66.1 Å². The van der Waals surface area contributed by atoms with E-state index in [1.54, 1.807) is 0 Å². The lowest BCUT2D eigenvalue weighted by Gasteiger charge is -2.14. The van der Waals surface area contributed by atoms with Gasteiger partial charge in [-0.2, -0.15) is 0 Å². The largest absolute Gasteiger partial charge is 0.449 e. The number of aryl methyl sites for hydroxylation is 1. The number of benzene rings is 2. The summed E-state index contributed by atoms with van der Waals surface area (Å²) in [6, 6.07) is 13.1. The number of amides is 1. The molecule has 1 atom stereocenters. The zero-order chi connectivity index (χ0) is 21.4. The summed E-state index contributed by atoms with van der Waals surface area (Å²) < 4.78 is 31.8. The molecule has 2 aromatic rings. The van der Waals surface area contributed by atoms with Crippen LogP contribution in [0.4, 0.5) is 0 Å². The van der Waals surface area contributed by atoms with Gasteiger partial charge in [0, 0.05) is 13.1 Å². The molecule has 0 aliphatic carbocycles. The first-order valence-corrected chi connectivity index (χ1v) is 10.5. The summed E-state index contributed by atoms with van der Waals surface area (Å²) in [4.78, 5) is 24.4. The Balaban J connectivity index is 1.98. The van der Waals surface area contributed by atoms with E-state index in [0.29, 0.717) is 6.54 Å². The molecule has 0 aliphatic rings. The third kappa shape index (κ3) is 6.55. The summed E-state index contributed by atoms with van der Waals surface area (Å²) >= 11 is 0. The van der Waals surface area contributed by atoms with Crippen molar-refractivity contribution in [2.24, 2.45) is 0 Å². The smallest absolute Gasteiger partial charge is 0.338 e. The lowest BCUT2D eigenvalue weighted by atomic mass is 10.1. The second-order valence-corrected chi connectivity index (χ2v) is 8.19. The van der Waals surface area contributed by atoms with E-state index in [4.69, 9.17) is 4.74 Å². The number of esters is 1. The van der Waals surface area contributed by atoms with Crippen molar-refractivity contribution in [1.29, 1.82) is 0 Å². The summed E-state index contributed by atoms with van der Waals surface area (Å²) in [6.45, 7) is 7.25. The van der Waals surface area contributed by atoms with E-state index in [0.717, 1.165) is 11.1 Å². The van der Waals surface area contributed by atoms with Gasteiger partial charge in [0.2, 0.25) is 10.0 Å². The van der Waals surface area contributed by atoms with Crippen molar-refractivity contribution >= 4 is 21.9 Å². The fourth-order valence-corrected chi connectivity index (χ4v) is 3.41. The lowest BCUT2D eigenvalue weighted by Crippen LogP contribution is -2.35. The highest BCUT2D eigenvalue weighted by Crippen LogP contribution is 2.13. The fourth-order valence-electron chi connectivity index (χ4n) is 2.36. The number of carbonyl (C=O) groups excluding carboxylic acids is 2. The van der Waals surface area contributed by atoms with E-state index >= 15 is 0 Å². The fraction of sp³-hybridized carbons (Fsp3) is 0.238. The average Bonchev–Trinajstić information content (AvgIpc) is 2.71. The van der Waals surface area contributed by atoms with Gasteiger partial charge >= 0.3 is 5.97 Å². The van der Waals surface area contributed by atoms with Crippen molar-refractivity contribution in [3.05, 3.63) is 77.9 Å². The molecule has 0 fully saturated rings. The molecule has 0 aromatic heterocycles. The molecule has 2 rings (SSSR count). The molecule has 8 heteroatoms. The quantitative estimate of drug-likeness (QED) is 0.483. The Hall–Kier alpha value is -2.97. The maximum absolute atomic E-state index is 12.3. The van der Waals surface area contributed by atoms with Gasteiger partial charge in [-0.25, -0.2) is 17.9 Å². The normalized spacial score (nSPS) is 12.1. The van der Waals surface area contributed by atoms with Crippen LogP contribution in [0.25, 0.3) is 0 Å². The maximum Gasteiger partial charge on any atom is 0.338 e. The molecule has 0 heterocycles. The van der Waals surface area contributed by atoms with E-state index in [1.807, 2.05) is 31.2 Å². The van der Waals surface area contributed by atoms with Gasteiger partial charge in [-0.15, -0.1) is 6.58 Å². The van der Waals surface area contributed by atoms with Crippen molar-refractivity contribution in [1.82, 2.24) is 10.0 Å². The van der Waals surface area contributed by atoms with Crippen molar-refractivity contribution in [2.75, 3.05) is 6.54 Å². The van der Waals surface area contributed by atoms with Crippen molar-refractivity contribution < 1.29 is 22.7 Å². The van der Waals surface area contributed by atoms with Crippen LogP contribution < -0.4 is 10.0 Å². The molecule has 0 saturated carbocycles. The summed E-state index contributed by atoms with van der Waals surface area (Å²) in [5, 5.41) is 2.70. The number of hydrogen-bond acceptors (Lipinski definition) is 5. The molecule has 0 radical (unpaired) electrons. The highest BCUT2D eigenvalue weighted by atomic mass is 32.2. The first kappa shape index (κ1) is 22.3. The minimum atomic E-state index is -3.77. The Morgan fingerprint density at radius 2 is 1.86 bits per heavy atom. The van der Waals surface area contributed by atoms with E-state index in [-0.39, 0.29) is 17.0 Å². The van der Waals surface area contributed by atoms with Gasteiger partial charge in [0.25, 0.3) is 5.91 Å². The molecule has 7 nitrogen and oxygen atoms in total. The van der Waals surface area contributed by atoms with Crippen LogP contribution in [0, 0.1) is 6.92 Å². The summed E-state index contributed by atoms with van der Waals surface area (Å²) in [5.74, 6) is -1.24. The van der Waals surface area contributed by atoms with Gasteiger partial charge in [-0.05, 0) is 37.6 Å². The summed E-state index contributed by atoms with van der Waals surface area (Å²) in [7, 11) is -3.77. The van der Waals surface area contributed by atoms with Crippen LogP contribution in [0.3, 0.4) is 0 Å². The molecular weight excluding hydrogens is 392 g/mol. The number of sulfonamides is 1. The highest BCUT2D eigenvalue weighted by Gasteiger charge is 2.20. The van der Waals surface area contributed by atoms with Gasteiger partial charge in [0.05, 0.1) is 10.5 Å². The van der Waals surface area contributed by atoms with E-state index in [1.165, 1.54) is 37.3 Å². The van der Waals surface area contributed by atoms with Crippen molar-refractivity contribution in [3.63, 3.8) is 0 Å². The summed E-state index contributed by atoms with van der Waals surface area (Å²) in [5.41, 5.74) is 2.07. The lowest BCUT2D eigenvalue weighted by molar-refractivity contribution is -0.129. The van der Waals surface area contributed by atoms with E-state index in [9.17, 15) is 18.0 Å². The predicted molar refractivity (Wildman–Crippen MR) is 110 cm³/mol. The Morgan fingerprint density at radius 1 is 1.17 bits per heavy atom. The Kier molecular flexibility index (Phi) is 7.69. The number of nitrogens with one attached hydrogen (secondary N) is 2. The Bertz CT molecular complexity index is 984. The zero-order valence-electron chi connectivity index (χ0n) is 16.3. The molecule has 0 aliphatic heterocycles. The molecule has 0 saturated heterocycles. The SMILES string of the molecule is C=CCNS(=O)(=O)c1cccc(C(=O)O[C@H](C)C(=O)NCc2ccc(C)cc2)c1. The number of hydrogen-bond donors (Lipinski definition) is 2. The van der Waals surface area contributed by atoms with Crippen LogP contribution in [-0.4, -0.2) is 32.9 Å². The molecule has 2 aromatic carbocycles. The highest BCUT2D eigenvalue weighted by molar-refractivity contribution is 7.89. The van der Waals surface area contributed by atoms with Crippen LogP contribution in [0.5, 0.6) is 0 Å². The van der Waals surface area contributed by atoms with Gasteiger partial charge in [0.15, 0.2) is 6.10 Å². The van der Waals surface area contributed by atoms with Crippen molar-refractivity contribution in [3.8, 4) is 0 Å². The second kappa shape index (κ2) is 9.99. The van der Waals surface area contributed by atoms with Crippen molar-refractivity contribution in [2.45, 2.75) is 31.4 Å². The molecule has 2 N–H and O–H groups in total. The molecule has 1 amide bonds. The van der Waals surface area contributed by atoms with Gasteiger partial charge in [0.1, 0.15) is 0 Å². The number of ether oxygens (including phenoxy) is 1. The van der Waals surface area contributed by atoms with E-state index in [2.05, 4.69) is 16.6 Å². The predicted octanol–water partition coefficient (Wildman–Crippen LogP) is 2.32. The number of carbonyl (C=O) groups is 2. The third-order valence-electron chi connectivity index (χ3n) is 4.04. The van der Waals surface area contributed by atoms with Crippen LogP contribution >= 0.6 is 0 Å². The van der Waals surface area contributed by atoms with Gasteiger partial charge in [-0.1, -0.05) is 42.0 Å². The van der Waals surface area contributed by atoms with Crippen LogP contribution in [-0.2, 0) is 26.1 Å². The summed E-state index contributed by atoms with van der Waals surface area (Å²) in [6.07, 6.45) is 0.374. The average molecular weight is 416 g/mol. The first-order valence-electron chi connectivity index (χ1n) is 8.98. The Morgan fingerprint density at radius 3 is 2.52 bits per heavy atom. The maximum atomic E-state index is 12.3. The number of rotatable bonds is 9. The molecule has 0 bridgehead atoms. The molecule has 29 heavy (non-hydrogen) atoms.